The Morgan fingerprint density at radius 3 is 2.44 bits per heavy atom. The van der Waals surface area contributed by atoms with Crippen molar-refractivity contribution in [2.45, 2.75) is 70.9 Å². The average molecular weight is 386 g/mol. The number of piperidine rings is 1. The molecule has 1 aliphatic heterocycles. The van der Waals surface area contributed by atoms with Crippen molar-refractivity contribution in [3.05, 3.63) is 40.9 Å². The second-order valence-corrected chi connectivity index (χ2v) is 9.01. The van der Waals surface area contributed by atoms with E-state index in [1.165, 1.54) is 56.1 Å². The van der Waals surface area contributed by atoms with E-state index < -0.39 is 0 Å². The van der Waals surface area contributed by atoms with Gasteiger partial charge in [-0.15, -0.1) is 0 Å². The van der Waals surface area contributed by atoms with Gasteiger partial charge in [-0.3, -0.25) is 4.90 Å². The number of halogens is 1. The minimum absolute atomic E-state index is 0.312. The Balaban J connectivity index is 1.57. The maximum absolute atomic E-state index is 6.81. The quantitative estimate of drug-likeness (QED) is 0.561. The second kappa shape index (κ2) is 8.41. The van der Waals surface area contributed by atoms with Crippen molar-refractivity contribution in [2.24, 2.45) is 5.92 Å². The highest BCUT2D eigenvalue weighted by molar-refractivity contribution is 6.37. The number of rotatable bonds is 4. The third-order valence-corrected chi connectivity index (χ3v) is 7.01. The van der Waals surface area contributed by atoms with Gasteiger partial charge < -0.3 is 4.74 Å². The topological polar surface area (TPSA) is 12.5 Å². The Hall–Kier alpha value is -1.25. The van der Waals surface area contributed by atoms with Gasteiger partial charge in [-0.05, 0) is 87.5 Å². The van der Waals surface area contributed by atoms with Gasteiger partial charge >= 0.3 is 0 Å². The molecule has 4 rings (SSSR count). The SMILES string of the molecule is CC1CCC(Oc2ccc3ccc(C(C)N4CCCCC4)cc3c2Cl)CC1. The van der Waals surface area contributed by atoms with Crippen molar-refractivity contribution in [1.29, 1.82) is 0 Å². The van der Waals surface area contributed by atoms with Gasteiger partial charge in [0.05, 0.1) is 11.1 Å². The number of hydrogen-bond acceptors (Lipinski definition) is 2. The van der Waals surface area contributed by atoms with Crippen LogP contribution in [0, 0.1) is 5.92 Å². The molecule has 1 atom stereocenters. The number of fused-ring (bicyclic) bond motifs is 1. The average Bonchev–Trinajstić information content (AvgIpc) is 2.71. The van der Waals surface area contributed by atoms with Gasteiger partial charge in [0.2, 0.25) is 0 Å². The van der Waals surface area contributed by atoms with E-state index in [0.717, 1.165) is 34.9 Å². The summed E-state index contributed by atoms with van der Waals surface area (Å²) in [6.45, 7) is 7.07. The first-order chi connectivity index (χ1) is 13.1. The van der Waals surface area contributed by atoms with Crippen molar-refractivity contribution in [3.8, 4) is 5.75 Å². The van der Waals surface area contributed by atoms with Crippen molar-refractivity contribution < 1.29 is 4.74 Å². The van der Waals surface area contributed by atoms with E-state index >= 15 is 0 Å². The lowest BCUT2D eigenvalue weighted by molar-refractivity contribution is 0.136. The maximum atomic E-state index is 6.81. The Kier molecular flexibility index (Phi) is 5.94. The first kappa shape index (κ1) is 19.1. The molecule has 0 bridgehead atoms. The van der Waals surface area contributed by atoms with Gasteiger partial charge in [-0.1, -0.05) is 43.1 Å². The summed E-state index contributed by atoms with van der Waals surface area (Å²) in [5.74, 6) is 1.68. The summed E-state index contributed by atoms with van der Waals surface area (Å²) in [4.78, 5) is 2.60. The predicted octanol–water partition coefficient (Wildman–Crippen LogP) is 7.00. The molecule has 0 aromatic heterocycles. The monoisotopic (exact) mass is 385 g/mol. The van der Waals surface area contributed by atoms with Crippen LogP contribution in [0.4, 0.5) is 0 Å². The third-order valence-electron chi connectivity index (χ3n) is 6.62. The number of nitrogens with zero attached hydrogens (tertiary/aromatic N) is 1. The van der Waals surface area contributed by atoms with Gasteiger partial charge in [0.15, 0.2) is 0 Å². The highest BCUT2D eigenvalue weighted by atomic mass is 35.5. The summed E-state index contributed by atoms with van der Waals surface area (Å²) in [5.41, 5.74) is 1.36. The summed E-state index contributed by atoms with van der Waals surface area (Å²) in [7, 11) is 0. The fourth-order valence-electron chi connectivity index (χ4n) is 4.67. The van der Waals surface area contributed by atoms with E-state index in [-0.39, 0.29) is 0 Å². The maximum Gasteiger partial charge on any atom is 0.138 e. The van der Waals surface area contributed by atoms with Crippen molar-refractivity contribution in [1.82, 2.24) is 4.90 Å². The van der Waals surface area contributed by atoms with Crippen LogP contribution in [-0.2, 0) is 0 Å². The van der Waals surface area contributed by atoms with Crippen LogP contribution in [0.3, 0.4) is 0 Å². The lowest BCUT2D eigenvalue weighted by Crippen LogP contribution is -2.32. The molecule has 146 valence electrons. The van der Waals surface area contributed by atoms with E-state index in [1.807, 2.05) is 0 Å². The first-order valence-corrected chi connectivity index (χ1v) is 11.1. The molecule has 1 aliphatic carbocycles. The molecule has 27 heavy (non-hydrogen) atoms. The fourth-order valence-corrected chi connectivity index (χ4v) is 4.95. The van der Waals surface area contributed by atoms with E-state index in [9.17, 15) is 0 Å². The minimum atomic E-state index is 0.312. The molecule has 2 aliphatic rings. The molecule has 1 saturated heterocycles. The summed E-state index contributed by atoms with van der Waals surface area (Å²) < 4.78 is 6.32. The lowest BCUT2D eigenvalue weighted by Gasteiger charge is -2.32. The van der Waals surface area contributed by atoms with Crippen LogP contribution in [0.2, 0.25) is 5.02 Å². The van der Waals surface area contributed by atoms with E-state index in [0.29, 0.717) is 12.1 Å². The molecule has 0 spiro atoms. The number of likely N-dealkylation sites (tertiary alicyclic amines) is 1. The molecule has 2 fully saturated rings. The van der Waals surface area contributed by atoms with Crippen LogP contribution in [0.15, 0.2) is 30.3 Å². The summed E-state index contributed by atoms with van der Waals surface area (Å²) in [6, 6.07) is 11.4. The van der Waals surface area contributed by atoms with Crippen molar-refractivity contribution in [3.63, 3.8) is 0 Å². The number of benzene rings is 2. The minimum Gasteiger partial charge on any atom is -0.489 e. The zero-order valence-electron chi connectivity index (χ0n) is 16.7. The second-order valence-electron chi connectivity index (χ2n) is 8.63. The zero-order valence-corrected chi connectivity index (χ0v) is 17.5. The Labute approximate surface area is 168 Å². The highest BCUT2D eigenvalue weighted by Gasteiger charge is 2.22. The Morgan fingerprint density at radius 1 is 1.00 bits per heavy atom. The fraction of sp³-hybridized carbons (Fsp3) is 0.583. The van der Waals surface area contributed by atoms with Gasteiger partial charge in [-0.2, -0.15) is 0 Å². The molecule has 0 N–H and O–H groups in total. The lowest BCUT2D eigenvalue weighted by atomic mass is 9.89. The molecular weight excluding hydrogens is 354 g/mol. The third kappa shape index (κ3) is 4.27. The standard InChI is InChI=1S/C24H32ClNO/c1-17-6-11-21(12-7-17)27-23-13-10-19-8-9-20(16-22(19)24(23)25)18(2)26-14-4-3-5-15-26/h8-10,13,16-18,21H,3-7,11-12,14-15H2,1-2H3. The molecule has 0 radical (unpaired) electrons. The predicted molar refractivity (Wildman–Crippen MR) is 115 cm³/mol. The molecule has 1 saturated carbocycles. The van der Waals surface area contributed by atoms with Gasteiger partial charge in [0.25, 0.3) is 0 Å². The van der Waals surface area contributed by atoms with E-state index in [1.54, 1.807) is 0 Å². The normalized spacial score (nSPS) is 25.4. The molecule has 1 heterocycles. The summed E-state index contributed by atoms with van der Waals surface area (Å²) in [6.07, 6.45) is 9.11. The Bertz CT molecular complexity index is 775. The highest BCUT2D eigenvalue weighted by Crippen LogP contribution is 2.37. The molecular formula is C24H32ClNO. The Morgan fingerprint density at radius 2 is 1.70 bits per heavy atom. The summed E-state index contributed by atoms with van der Waals surface area (Å²) in [5, 5.41) is 3.10. The first-order valence-electron chi connectivity index (χ1n) is 10.7. The van der Waals surface area contributed by atoms with Crippen LogP contribution in [-0.4, -0.2) is 24.1 Å². The molecule has 3 heteroatoms. The largest absolute Gasteiger partial charge is 0.489 e. The van der Waals surface area contributed by atoms with Gasteiger partial charge in [0, 0.05) is 11.4 Å². The van der Waals surface area contributed by atoms with Crippen LogP contribution in [0.1, 0.15) is 70.4 Å². The van der Waals surface area contributed by atoms with Gasteiger partial charge in [-0.25, -0.2) is 0 Å². The van der Waals surface area contributed by atoms with Crippen LogP contribution in [0.25, 0.3) is 10.8 Å². The molecule has 2 nitrogen and oxygen atoms in total. The number of hydrogen-bond donors (Lipinski definition) is 0. The van der Waals surface area contributed by atoms with Crippen molar-refractivity contribution >= 4 is 22.4 Å². The van der Waals surface area contributed by atoms with E-state index in [4.69, 9.17) is 16.3 Å². The van der Waals surface area contributed by atoms with Crippen LogP contribution in [0.5, 0.6) is 5.75 Å². The number of ether oxygens (including phenoxy) is 1. The molecule has 1 unspecified atom stereocenters. The smallest absolute Gasteiger partial charge is 0.138 e. The molecule has 2 aromatic rings. The van der Waals surface area contributed by atoms with Crippen LogP contribution < -0.4 is 4.74 Å². The zero-order chi connectivity index (χ0) is 18.8. The molecule has 0 amide bonds. The van der Waals surface area contributed by atoms with Crippen LogP contribution >= 0.6 is 11.6 Å². The van der Waals surface area contributed by atoms with Gasteiger partial charge in [0.1, 0.15) is 5.75 Å². The van der Waals surface area contributed by atoms with E-state index in [2.05, 4.69) is 49.1 Å². The van der Waals surface area contributed by atoms with Crippen molar-refractivity contribution in [2.75, 3.05) is 13.1 Å². The molecule has 2 aromatic carbocycles. The summed E-state index contributed by atoms with van der Waals surface area (Å²) >= 11 is 6.81.